The molecule has 2 rings (SSSR count). The molecule has 0 amide bonds. The first-order chi connectivity index (χ1) is 7.09. The third-order valence-electron chi connectivity index (χ3n) is 3.30. The Kier molecular flexibility index (Phi) is 2.83. The van der Waals surface area contributed by atoms with Crippen LogP contribution in [0.25, 0.3) is 0 Å². The fourth-order valence-electron chi connectivity index (χ4n) is 2.24. The first-order valence-electron chi connectivity index (χ1n) is 5.81. The molecule has 84 valence electrons. The molecule has 1 aliphatic carbocycles. The van der Waals surface area contributed by atoms with Gasteiger partial charge in [-0.15, -0.1) is 0 Å². The molecule has 0 saturated heterocycles. The molecule has 0 aliphatic heterocycles. The van der Waals surface area contributed by atoms with Gasteiger partial charge in [-0.1, -0.05) is 12.8 Å². The molecule has 3 nitrogen and oxygen atoms in total. The summed E-state index contributed by atoms with van der Waals surface area (Å²) in [5, 5.41) is 14.1. The van der Waals surface area contributed by atoms with E-state index in [-0.39, 0.29) is 0 Å². The third-order valence-corrected chi connectivity index (χ3v) is 3.30. The van der Waals surface area contributed by atoms with E-state index < -0.39 is 6.10 Å². The van der Waals surface area contributed by atoms with E-state index in [1.165, 1.54) is 19.3 Å². The molecule has 3 heteroatoms. The highest BCUT2D eigenvalue weighted by atomic mass is 16.3. The van der Waals surface area contributed by atoms with Crippen LogP contribution in [0.5, 0.6) is 0 Å². The van der Waals surface area contributed by atoms with E-state index in [1.807, 2.05) is 13.8 Å². The zero-order chi connectivity index (χ0) is 11.0. The summed E-state index contributed by atoms with van der Waals surface area (Å²) < 4.78 is 2.05. The van der Waals surface area contributed by atoms with Gasteiger partial charge in [0.2, 0.25) is 0 Å². The maximum Gasteiger partial charge on any atom is 0.0797 e. The maximum atomic E-state index is 9.64. The van der Waals surface area contributed by atoms with Gasteiger partial charge in [-0.25, -0.2) is 0 Å². The minimum atomic E-state index is -0.403. The molecule has 1 unspecified atom stereocenters. The van der Waals surface area contributed by atoms with E-state index in [0.29, 0.717) is 0 Å². The first-order valence-corrected chi connectivity index (χ1v) is 5.81. The maximum absolute atomic E-state index is 9.64. The number of rotatable bonds is 4. The zero-order valence-corrected chi connectivity index (χ0v) is 9.82. The van der Waals surface area contributed by atoms with E-state index in [9.17, 15) is 5.11 Å². The van der Waals surface area contributed by atoms with Gasteiger partial charge in [0.1, 0.15) is 0 Å². The van der Waals surface area contributed by atoms with Crippen LogP contribution in [0.4, 0.5) is 0 Å². The number of nitrogens with zero attached hydrogens (tertiary/aromatic N) is 2. The van der Waals surface area contributed by atoms with Gasteiger partial charge >= 0.3 is 0 Å². The van der Waals surface area contributed by atoms with Gasteiger partial charge in [-0.2, -0.15) is 5.10 Å². The van der Waals surface area contributed by atoms with Crippen LogP contribution in [-0.4, -0.2) is 14.9 Å². The van der Waals surface area contributed by atoms with Crippen LogP contribution in [0.2, 0.25) is 0 Å². The van der Waals surface area contributed by atoms with Crippen molar-refractivity contribution in [3.63, 3.8) is 0 Å². The standard InChI is InChI=1S/C12H20N2O/c1-8-12(10(3)15)9(2)14(13-8)7-6-11-4-5-11/h10-11,15H,4-7H2,1-3H3. The Morgan fingerprint density at radius 1 is 1.47 bits per heavy atom. The van der Waals surface area contributed by atoms with Gasteiger partial charge in [0.25, 0.3) is 0 Å². The lowest BCUT2D eigenvalue weighted by atomic mass is 10.1. The van der Waals surface area contributed by atoms with Crippen LogP contribution in [0, 0.1) is 19.8 Å². The largest absolute Gasteiger partial charge is 0.389 e. The van der Waals surface area contributed by atoms with Gasteiger partial charge < -0.3 is 5.11 Å². The molecule has 1 heterocycles. The Labute approximate surface area is 91.1 Å². The molecule has 0 bridgehead atoms. The van der Waals surface area contributed by atoms with E-state index in [2.05, 4.69) is 16.7 Å². The van der Waals surface area contributed by atoms with Crippen LogP contribution < -0.4 is 0 Å². The molecule has 1 fully saturated rings. The molecule has 1 saturated carbocycles. The monoisotopic (exact) mass is 208 g/mol. The summed E-state index contributed by atoms with van der Waals surface area (Å²) >= 11 is 0. The van der Waals surface area contributed by atoms with Crippen LogP contribution in [0.3, 0.4) is 0 Å². The molecular formula is C12H20N2O. The Hall–Kier alpha value is -0.830. The summed E-state index contributed by atoms with van der Waals surface area (Å²) in [6.07, 6.45) is 3.62. The fraction of sp³-hybridized carbons (Fsp3) is 0.750. The highest BCUT2D eigenvalue weighted by Crippen LogP contribution is 2.33. The van der Waals surface area contributed by atoms with E-state index >= 15 is 0 Å². The van der Waals surface area contributed by atoms with Crippen LogP contribution in [0.1, 0.15) is 49.2 Å². The minimum Gasteiger partial charge on any atom is -0.389 e. The lowest BCUT2D eigenvalue weighted by molar-refractivity contribution is 0.197. The molecule has 0 spiro atoms. The quantitative estimate of drug-likeness (QED) is 0.824. The number of aryl methyl sites for hydroxylation is 2. The average Bonchev–Trinajstić information content (AvgIpc) is 2.90. The van der Waals surface area contributed by atoms with E-state index in [4.69, 9.17) is 0 Å². The lowest BCUT2D eigenvalue weighted by Crippen LogP contribution is -2.04. The molecule has 15 heavy (non-hydrogen) atoms. The summed E-state index contributed by atoms with van der Waals surface area (Å²) in [5.74, 6) is 0.934. The van der Waals surface area contributed by atoms with Crippen molar-refractivity contribution < 1.29 is 5.11 Å². The van der Waals surface area contributed by atoms with Crippen molar-refractivity contribution in [2.75, 3.05) is 0 Å². The van der Waals surface area contributed by atoms with Crippen LogP contribution in [-0.2, 0) is 6.54 Å². The van der Waals surface area contributed by atoms with Gasteiger partial charge in [0, 0.05) is 17.8 Å². The molecule has 0 aromatic carbocycles. The second-order valence-electron chi connectivity index (χ2n) is 4.72. The van der Waals surface area contributed by atoms with Crippen molar-refractivity contribution in [3.05, 3.63) is 17.0 Å². The third kappa shape index (κ3) is 2.23. The number of aliphatic hydroxyl groups excluding tert-OH is 1. The molecular weight excluding hydrogens is 188 g/mol. The average molecular weight is 208 g/mol. The predicted octanol–water partition coefficient (Wildman–Crippen LogP) is 2.35. The van der Waals surface area contributed by atoms with Gasteiger partial charge in [0.05, 0.1) is 11.8 Å². The Morgan fingerprint density at radius 3 is 2.60 bits per heavy atom. The number of hydrogen-bond donors (Lipinski definition) is 1. The van der Waals surface area contributed by atoms with Gasteiger partial charge in [0.15, 0.2) is 0 Å². The normalized spacial score (nSPS) is 18.1. The minimum absolute atomic E-state index is 0.403. The molecule has 1 atom stereocenters. The second-order valence-corrected chi connectivity index (χ2v) is 4.72. The van der Waals surface area contributed by atoms with Crippen LogP contribution >= 0.6 is 0 Å². The van der Waals surface area contributed by atoms with Crippen molar-refractivity contribution in [2.45, 2.75) is 52.7 Å². The molecule has 1 N–H and O–H groups in total. The molecule has 1 aromatic rings. The first kappa shape index (κ1) is 10.7. The summed E-state index contributed by atoms with van der Waals surface area (Å²) in [5.41, 5.74) is 3.10. The number of aliphatic hydroxyl groups is 1. The predicted molar refractivity (Wildman–Crippen MR) is 59.7 cm³/mol. The summed E-state index contributed by atoms with van der Waals surface area (Å²) in [7, 11) is 0. The molecule has 1 aromatic heterocycles. The Balaban J connectivity index is 2.12. The summed E-state index contributed by atoms with van der Waals surface area (Å²) in [6.45, 7) is 6.84. The Morgan fingerprint density at radius 2 is 2.13 bits per heavy atom. The SMILES string of the molecule is Cc1nn(CCC2CC2)c(C)c1C(C)O. The van der Waals surface area contributed by atoms with Crippen molar-refractivity contribution in [2.24, 2.45) is 5.92 Å². The van der Waals surface area contributed by atoms with Crippen molar-refractivity contribution in [3.8, 4) is 0 Å². The van der Waals surface area contributed by atoms with Crippen molar-refractivity contribution >= 4 is 0 Å². The summed E-state index contributed by atoms with van der Waals surface area (Å²) in [4.78, 5) is 0. The van der Waals surface area contributed by atoms with Crippen LogP contribution in [0.15, 0.2) is 0 Å². The lowest BCUT2D eigenvalue weighted by Gasteiger charge is -2.06. The zero-order valence-electron chi connectivity index (χ0n) is 9.82. The Bertz CT molecular complexity index is 351. The fourth-order valence-corrected chi connectivity index (χ4v) is 2.24. The van der Waals surface area contributed by atoms with E-state index in [1.54, 1.807) is 0 Å². The summed E-state index contributed by atoms with van der Waals surface area (Å²) in [6, 6.07) is 0. The smallest absolute Gasteiger partial charge is 0.0797 e. The molecule has 0 radical (unpaired) electrons. The van der Waals surface area contributed by atoms with Crippen molar-refractivity contribution in [1.82, 2.24) is 9.78 Å². The number of hydrogen-bond acceptors (Lipinski definition) is 2. The highest BCUT2D eigenvalue weighted by molar-refractivity contribution is 5.26. The molecule has 1 aliphatic rings. The topological polar surface area (TPSA) is 38.0 Å². The van der Waals surface area contributed by atoms with Gasteiger partial charge in [-0.05, 0) is 33.1 Å². The van der Waals surface area contributed by atoms with Crippen molar-refractivity contribution in [1.29, 1.82) is 0 Å². The number of aromatic nitrogens is 2. The van der Waals surface area contributed by atoms with Gasteiger partial charge in [-0.3, -0.25) is 4.68 Å². The second kappa shape index (κ2) is 3.97. The van der Waals surface area contributed by atoms with E-state index in [0.717, 1.165) is 29.4 Å². The highest BCUT2D eigenvalue weighted by Gasteiger charge is 2.22.